The van der Waals surface area contributed by atoms with Crippen molar-refractivity contribution in [1.82, 2.24) is 0 Å². The van der Waals surface area contributed by atoms with Gasteiger partial charge in [0.15, 0.2) is 0 Å². The third-order valence-electron chi connectivity index (χ3n) is 3.98. The van der Waals surface area contributed by atoms with Crippen molar-refractivity contribution < 1.29 is 9.53 Å². The Hall–Kier alpha value is -0.570. The lowest BCUT2D eigenvalue weighted by atomic mass is 9.91. The van der Waals surface area contributed by atoms with E-state index in [4.69, 9.17) is 10.5 Å². The number of rotatable bonds is 2. The summed E-state index contributed by atoms with van der Waals surface area (Å²) in [6, 6.07) is 0. The van der Waals surface area contributed by atoms with Crippen molar-refractivity contribution in [3.05, 3.63) is 0 Å². The number of esters is 1. The minimum atomic E-state index is -0.681. The molecular weight excluding hydrogens is 202 g/mol. The van der Waals surface area contributed by atoms with E-state index >= 15 is 0 Å². The molecule has 0 atom stereocenters. The molecule has 3 heteroatoms. The standard InChI is InChI=1S/C13H23NO2/c14-13(9-5-1-2-6-10-13)12(15)16-11-7-3-4-8-11/h11H,1-10,14H2. The molecule has 92 valence electrons. The molecule has 0 aromatic heterocycles. The van der Waals surface area contributed by atoms with Gasteiger partial charge in [0, 0.05) is 0 Å². The van der Waals surface area contributed by atoms with E-state index in [-0.39, 0.29) is 12.1 Å². The second kappa shape index (κ2) is 5.17. The summed E-state index contributed by atoms with van der Waals surface area (Å²) in [5, 5.41) is 0. The monoisotopic (exact) mass is 225 g/mol. The molecule has 2 aliphatic carbocycles. The van der Waals surface area contributed by atoms with Gasteiger partial charge in [-0.1, -0.05) is 25.7 Å². The molecule has 0 radical (unpaired) electrons. The summed E-state index contributed by atoms with van der Waals surface area (Å²) in [5.41, 5.74) is 5.52. The normalized spacial score (nSPS) is 26.3. The Labute approximate surface area is 97.7 Å². The number of carbonyl (C=O) groups is 1. The molecule has 0 saturated heterocycles. The highest BCUT2D eigenvalue weighted by Crippen LogP contribution is 2.28. The molecule has 0 unspecified atom stereocenters. The summed E-state index contributed by atoms with van der Waals surface area (Å²) in [6.07, 6.45) is 10.7. The lowest BCUT2D eigenvalue weighted by molar-refractivity contribution is -0.156. The highest BCUT2D eigenvalue weighted by Gasteiger charge is 2.37. The van der Waals surface area contributed by atoms with Crippen LogP contribution in [-0.2, 0) is 9.53 Å². The first-order valence-electron chi connectivity index (χ1n) is 6.71. The Kier molecular flexibility index (Phi) is 3.85. The number of hydrogen-bond donors (Lipinski definition) is 1. The van der Waals surface area contributed by atoms with E-state index in [1.807, 2.05) is 0 Å². The van der Waals surface area contributed by atoms with Crippen LogP contribution in [0.3, 0.4) is 0 Å². The fraction of sp³-hybridized carbons (Fsp3) is 0.923. The van der Waals surface area contributed by atoms with Gasteiger partial charge in [0.05, 0.1) is 0 Å². The Bertz CT molecular complexity index is 238. The predicted octanol–water partition coefficient (Wildman–Crippen LogP) is 2.52. The molecule has 0 aliphatic heterocycles. The Balaban J connectivity index is 1.90. The van der Waals surface area contributed by atoms with Crippen molar-refractivity contribution in [3.63, 3.8) is 0 Å². The maximum absolute atomic E-state index is 12.1. The van der Waals surface area contributed by atoms with E-state index in [1.54, 1.807) is 0 Å². The zero-order valence-corrected chi connectivity index (χ0v) is 10.0. The molecule has 3 nitrogen and oxygen atoms in total. The van der Waals surface area contributed by atoms with Crippen LogP contribution in [-0.4, -0.2) is 17.6 Å². The van der Waals surface area contributed by atoms with Crippen LogP contribution < -0.4 is 5.73 Å². The molecule has 16 heavy (non-hydrogen) atoms. The lowest BCUT2D eigenvalue weighted by Crippen LogP contribution is -2.49. The summed E-state index contributed by atoms with van der Waals surface area (Å²) in [4.78, 5) is 12.1. The van der Waals surface area contributed by atoms with E-state index in [2.05, 4.69) is 0 Å². The van der Waals surface area contributed by atoms with Gasteiger partial charge in [0.25, 0.3) is 0 Å². The minimum Gasteiger partial charge on any atom is -0.461 e. The first-order chi connectivity index (χ1) is 7.71. The largest absolute Gasteiger partial charge is 0.461 e. The highest BCUT2D eigenvalue weighted by molar-refractivity contribution is 5.80. The summed E-state index contributed by atoms with van der Waals surface area (Å²) < 4.78 is 5.55. The van der Waals surface area contributed by atoms with Gasteiger partial charge in [0.1, 0.15) is 11.6 Å². The van der Waals surface area contributed by atoms with Crippen LogP contribution in [0.15, 0.2) is 0 Å². The zero-order valence-electron chi connectivity index (χ0n) is 10.0. The molecule has 0 heterocycles. The Morgan fingerprint density at radius 1 is 1.00 bits per heavy atom. The molecule has 0 aromatic carbocycles. The Morgan fingerprint density at radius 2 is 1.56 bits per heavy atom. The van der Waals surface area contributed by atoms with Crippen LogP contribution in [0.4, 0.5) is 0 Å². The summed E-state index contributed by atoms with van der Waals surface area (Å²) in [5.74, 6) is -0.138. The van der Waals surface area contributed by atoms with Gasteiger partial charge < -0.3 is 10.5 Å². The van der Waals surface area contributed by atoms with Crippen molar-refractivity contribution in [1.29, 1.82) is 0 Å². The minimum absolute atomic E-state index is 0.138. The maximum Gasteiger partial charge on any atom is 0.326 e. The lowest BCUT2D eigenvalue weighted by Gasteiger charge is -2.27. The first-order valence-corrected chi connectivity index (χ1v) is 6.71. The van der Waals surface area contributed by atoms with E-state index in [0.29, 0.717) is 0 Å². The van der Waals surface area contributed by atoms with Crippen LogP contribution in [0.2, 0.25) is 0 Å². The number of hydrogen-bond acceptors (Lipinski definition) is 3. The molecule has 0 bridgehead atoms. The second-order valence-corrected chi connectivity index (χ2v) is 5.38. The summed E-state index contributed by atoms with van der Waals surface area (Å²) in [6.45, 7) is 0. The van der Waals surface area contributed by atoms with Gasteiger partial charge in [-0.05, 0) is 38.5 Å². The van der Waals surface area contributed by atoms with Crippen molar-refractivity contribution in [2.45, 2.75) is 75.9 Å². The van der Waals surface area contributed by atoms with E-state index in [1.165, 1.54) is 25.7 Å². The van der Waals surface area contributed by atoms with Crippen LogP contribution in [0.5, 0.6) is 0 Å². The fourth-order valence-corrected chi connectivity index (χ4v) is 2.84. The van der Waals surface area contributed by atoms with E-state index in [9.17, 15) is 4.79 Å². The van der Waals surface area contributed by atoms with Crippen molar-refractivity contribution >= 4 is 5.97 Å². The smallest absolute Gasteiger partial charge is 0.326 e. The predicted molar refractivity (Wildman–Crippen MR) is 63.0 cm³/mol. The number of nitrogens with two attached hydrogens (primary N) is 1. The van der Waals surface area contributed by atoms with Crippen LogP contribution in [0, 0.1) is 0 Å². The van der Waals surface area contributed by atoms with Crippen molar-refractivity contribution in [2.75, 3.05) is 0 Å². The maximum atomic E-state index is 12.1. The highest BCUT2D eigenvalue weighted by atomic mass is 16.5. The first kappa shape index (κ1) is 11.9. The molecule has 0 amide bonds. The molecule has 2 N–H and O–H groups in total. The average Bonchev–Trinajstić information content (AvgIpc) is 2.66. The van der Waals surface area contributed by atoms with Crippen molar-refractivity contribution in [3.8, 4) is 0 Å². The SMILES string of the molecule is NC1(C(=O)OC2CCCC2)CCCCCC1. The van der Waals surface area contributed by atoms with E-state index < -0.39 is 5.54 Å². The topological polar surface area (TPSA) is 52.3 Å². The fourth-order valence-electron chi connectivity index (χ4n) is 2.84. The van der Waals surface area contributed by atoms with Gasteiger partial charge in [-0.2, -0.15) is 0 Å². The van der Waals surface area contributed by atoms with Crippen LogP contribution in [0.25, 0.3) is 0 Å². The third-order valence-corrected chi connectivity index (χ3v) is 3.98. The van der Waals surface area contributed by atoms with Gasteiger partial charge in [-0.15, -0.1) is 0 Å². The van der Waals surface area contributed by atoms with Gasteiger partial charge in [-0.25, -0.2) is 0 Å². The quantitative estimate of drug-likeness (QED) is 0.580. The zero-order chi connectivity index (χ0) is 11.4. The van der Waals surface area contributed by atoms with Gasteiger partial charge >= 0.3 is 5.97 Å². The Morgan fingerprint density at radius 3 is 2.12 bits per heavy atom. The van der Waals surface area contributed by atoms with Crippen LogP contribution in [0.1, 0.15) is 64.2 Å². The molecule has 2 fully saturated rings. The second-order valence-electron chi connectivity index (χ2n) is 5.38. The molecule has 0 spiro atoms. The molecule has 0 aromatic rings. The summed E-state index contributed by atoms with van der Waals surface area (Å²) >= 11 is 0. The van der Waals surface area contributed by atoms with E-state index in [0.717, 1.165) is 38.5 Å². The summed E-state index contributed by atoms with van der Waals surface area (Å²) in [7, 11) is 0. The van der Waals surface area contributed by atoms with Gasteiger partial charge in [0.2, 0.25) is 0 Å². The molecule has 2 aliphatic rings. The molecule has 2 rings (SSSR count). The molecular formula is C13H23NO2. The average molecular weight is 225 g/mol. The van der Waals surface area contributed by atoms with Crippen molar-refractivity contribution in [2.24, 2.45) is 5.73 Å². The number of carbonyl (C=O) groups excluding carboxylic acids is 1. The molecule has 2 saturated carbocycles. The van der Waals surface area contributed by atoms with Crippen LogP contribution >= 0.6 is 0 Å². The number of ether oxygens (including phenoxy) is 1. The third kappa shape index (κ3) is 2.76. The van der Waals surface area contributed by atoms with Gasteiger partial charge in [-0.3, -0.25) is 4.79 Å².